The molecule has 1 aromatic carbocycles. The van der Waals surface area contributed by atoms with Crippen LogP contribution in [0.25, 0.3) is 0 Å². The molecule has 1 rings (SSSR count). The maximum atomic E-state index is 5.71. The number of ether oxygens (including phenoxy) is 1. The minimum Gasteiger partial charge on any atom is -0.496 e. The fourth-order valence-corrected chi connectivity index (χ4v) is 3.20. The monoisotopic (exact) mass is 312 g/mol. The van der Waals surface area contributed by atoms with Gasteiger partial charge in [0, 0.05) is 29.5 Å². The summed E-state index contributed by atoms with van der Waals surface area (Å²) in [5, 5.41) is 0. The zero-order valence-electron chi connectivity index (χ0n) is 12.7. The molecular weight excluding hydrogens is 288 g/mol. The molecule has 0 aliphatic heterocycles. The van der Waals surface area contributed by atoms with E-state index in [1.54, 1.807) is 7.11 Å². The third-order valence-corrected chi connectivity index (χ3v) is 4.39. The van der Waals surface area contributed by atoms with Crippen molar-refractivity contribution in [2.75, 3.05) is 26.2 Å². The Balaban J connectivity index is 2.93. The highest BCUT2D eigenvalue weighted by Gasteiger charge is 2.15. The molecule has 0 fully saturated rings. The van der Waals surface area contributed by atoms with E-state index in [1.165, 1.54) is 0 Å². The van der Waals surface area contributed by atoms with E-state index in [2.05, 4.69) is 25.1 Å². The molecule has 20 heavy (non-hydrogen) atoms. The highest BCUT2D eigenvalue weighted by atomic mass is 32.2. The lowest BCUT2D eigenvalue weighted by Gasteiger charge is -2.27. The van der Waals surface area contributed by atoms with E-state index < -0.39 is 0 Å². The molecule has 112 valence electrons. The molecule has 5 heteroatoms. The maximum absolute atomic E-state index is 5.71. The molecule has 0 saturated heterocycles. The standard InChI is InChI=1S/C15H24N2OS2/c1-5-13(10-20-4)17(2)9-12-8-11(15(16)19)6-7-14(12)18-3/h6-8,13H,5,9-10H2,1-4H3,(H2,16,19). The molecule has 0 heterocycles. The van der Waals surface area contributed by atoms with E-state index in [9.17, 15) is 0 Å². The number of methoxy groups -OCH3 is 1. The van der Waals surface area contributed by atoms with E-state index >= 15 is 0 Å². The number of nitrogens with zero attached hydrogens (tertiary/aromatic N) is 1. The van der Waals surface area contributed by atoms with Crippen molar-refractivity contribution < 1.29 is 4.74 Å². The van der Waals surface area contributed by atoms with Gasteiger partial charge in [-0.1, -0.05) is 19.1 Å². The summed E-state index contributed by atoms with van der Waals surface area (Å²) >= 11 is 6.93. The second-order valence-electron chi connectivity index (χ2n) is 4.82. The highest BCUT2D eigenvalue weighted by Crippen LogP contribution is 2.23. The van der Waals surface area contributed by atoms with Crippen molar-refractivity contribution in [1.29, 1.82) is 0 Å². The van der Waals surface area contributed by atoms with Gasteiger partial charge in [-0.15, -0.1) is 0 Å². The Morgan fingerprint density at radius 3 is 2.70 bits per heavy atom. The van der Waals surface area contributed by atoms with Crippen LogP contribution in [0.5, 0.6) is 5.75 Å². The molecule has 0 spiro atoms. The van der Waals surface area contributed by atoms with E-state index in [4.69, 9.17) is 22.7 Å². The van der Waals surface area contributed by atoms with E-state index in [1.807, 2.05) is 30.0 Å². The predicted molar refractivity (Wildman–Crippen MR) is 92.8 cm³/mol. The normalized spacial score (nSPS) is 12.4. The molecule has 2 N–H and O–H groups in total. The molecule has 0 radical (unpaired) electrons. The second-order valence-corrected chi connectivity index (χ2v) is 6.17. The molecule has 0 bridgehead atoms. The first-order chi connectivity index (χ1) is 9.53. The summed E-state index contributed by atoms with van der Waals surface area (Å²) in [5.74, 6) is 2.01. The molecule has 1 aromatic rings. The first kappa shape index (κ1) is 17.3. The number of hydrogen-bond acceptors (Lipinski definition) is 4. The molecule has 0 amide bonds. The van der Waals surface area contributed by atoms with Gasteiger partial charge in [0.15, 0.2) is 0 Å². The fourth-order valence-electron chi connectivity index (χ4n) is 2.20. The van der Waals surface area contributed by atoms with Crippen molar-refractivity contribution in [1.82, 2.24) is 4.90 Å². The van der Waals surface area contributed by atoms with Crippen molar-refractivity contribution in [2.24, 2.45) is 5.73 Å². The summed E-state index contributed by atoms with van der Waals surface area (Å²) in [6.45, 7) is 3.05. The Kier molecular flexibility index (Phi) is 7.34. The van der Waals surface area contributed by atoms with Gasteiger partial charge < -0.3 is 10.5 Å². The minimum atomic E-state index is 0.424. The van der Waals surface area contributed by atoms with Gasteiger partial charge in [0.25, 0.3) is 0 Å². The van der Waals surface area contributed by atoms with Gasteiger partial charge in [-0.25, -0.2) is 0 Å². The fraction of sp³-hybridized carbons (Fsp3) is 0.533. The van der Waals surface area contributed by atoms with Crippen LogP contribution in [0.4, 0.5) is 0 Å². The molecule has 0 aliphatic carbocycles. The molecule has 0 aromatic heterocycles. The van der Waals surface area contributed by atoms with Crippen LogP contribution in [0.15, 0.2) is 18.2 Å². The summed E-state index contributed by atoms with van der Waals surface area (Å²) in [4.78, 5) is 2.78. The van der Waals surface area contributed by atoms with Crippen molar-refractivity contribution in [3.8, 4) is 5.75 Å². The zero-order chi connectivity index (χ0) is 15.1. The smallest absolute Gasteiger partial charge is 0.123 e. The Morgan fingerprint density at radius 1 is 1.50 bits per heavy atom. The number of thioether (sulfide) groups is 1. The lowest BCUT2D eigenvalue weighted by atomic mass is 10.1. The van der Waals surface area contributed by atoms with Crippen LogP contribution in [0.2, 0.25) is 0 Å². The molecule has 0 saturated carbocycles. The largest absolute Gasteiger partial charge is 0.496 e. The van der Waals surface area contributed by atoms with Crippen LogP contribution in [0, 0.1) is 0 Å². The van der Waals surface area contributed by atoms with Gasteiger partial charge >= 0.3 is 0 Å². The van der Waals surface area contributed by atoms with Crippen molar-refractivity contribution in [3.05, 3.63) is 29.3 Å². The molecule has 3 nitrogen and oxygen atoms in total. The maximum Gasteiger partial charge on any atom is 0.123 e. The topological polar surface area (TPSA) is 38.5 Å². The number of benzene rings is 1. The summed E-state index contributed by atoms with van der Waals surface area (Å²) < 4.78 is 5.44. The Labute approximate surface area is 131 Å². The zero-order valence-corrected chi connectivity index (χ0v) is 14.3. The Morgan fingerprint density at radius 2 is 2.20 bits per heavy atom. The third kappa shape index (κ3) is 4.65. The van der Waals surface area contributed by atoms with E-state index in [-0.39, 0.29) is 0 Å². The first-order valence-corrected chi connectivity index (χ1v) is 8.49. The van der Waals surface area contributed by atoms with Gasteiger partial charge in [0.05, 0.1) is 7.11 Å². The quantitative estimate of drug-likeness (QED) is 0.747. The van der Waals surface area contributed by atoms with Crippen LogP contribution in [0.3, 0.4) is 0 Å². The van der Waals surface area contributed by atoms with Crippen molar-refractivity contribution >= 4 is 29.0 Å². The Bertz CT molecular complexity index is 451. The lowest BCUT2D eigenvalue weighted by molar-refractivity contribution is 0.244. The van der Waals surface area contributed by atoms with Crippen LogP contribution < -0.4 is 10.5 Å². The van der Waals surface area contributed by atoms with Crippen LogP contribution >= 0.6 is 24.0 Å². The lowest BCUT2D eigenvalue weighted by Crippen LogP contribution is -2.32. The first-order valence-electron chi connectivity index (χ1n) is 6.69. The number of thiocarbonyl (C=S) groups is 1. The second kappa shape index (κ2) is 8.49. The van der Waals surface area contributed by atoms with Gasteiger partial charge in [-0.3, -0.25) is 4.90 Å². The SMILES string of the molecule is CCC(CSC)N(C)Cc1cc(C(N)=S)ccc1OC. The van der Waals surface area contributed by atoms with Gasteiger partial charge in [-0.2, -0.15) is 11.8 Å². The van der Waals surface area contributed by atoms with Crippen LogP contribution in [0.1, 0.15) is 24.5 Å². The number of nitrogens with two attached hydrogens (primary N) is 1. The average Bonchev–Trinajstić information content (AvgIpc) is 2.44. The summed E-state index contributed by atoms with van der Waals surface area (Å²) in [7, 11) is 3.84. The predicted octanol–water partition coefficient (Wildman–Crippen LogP) is 2.90. The number of rotatable bonds is 8. The van der Waals surface area contributed by atoms with Gasteiger partial charge in [0.1, 0.15) is 10.7 Å². The Hall–Kier alpha value is -0.780. The summed E-state index contributed by atoms with van der Waals surface area (Å²) in [6.07, 6.45) is 3.28. The van der Waals surface area contributed by atoms with E-state index in [0.29, 0.717) is 11.0 Å². The van der Waals surface area contributed by atoms with E-state index in [0.717, 1.165) is 35.6 Å². The van der Waals surface area contributed by atoms with Crippen molar-refractivity contribution in [2.45, 2.75) is 25.9 Å². The molecule has 1 atom stereocenters. The highest BCUT2D eigenvalue weighted by molar-refractivity contribution is 7.98. The third-order valence-electron chi connectivity index (χ3n) is 3.44. The molecule has 1 unspecified atom stereocenters. The minimum absolute atomic E-state index is 0.424. The summed E-state index contributed by atoms with van der Waals surface area (Å²) in [5.41, 5.74) is 7.73. The average molecular weight is 313 g/mol. The van der Waals surface area contributed by atoms with Crippen LogP contribution in [-0.2, 0) is 6.54 Å². The summed E-state index contributed by atoms with van der Waals surface area (Å²) in [6, 6.07) is 6.43. The van der Waals surface area contributed by atoms with Crippen molar-refractivity contribution in [3.63, 3.8) is 0 Å². The molecular formula is C15H24N2OS2. The van der Waals surface area contributed by atoms with Gasteiger partial charge in [-0.05, 0) is 37.9 Å². The number of hydrogen-bond donors (Lipinski definition) is 1. The molecule has 0 aliphatic rings. The van der Waals surface area contributed by atoms with Crippen LogP contribution in [-0.4, -0.2) is 42.1 Å². The van der Waals surface area contributed by atoms with Gasteiger partial charge in [0.2, 0.25) is 0 Å².